The molecular formula is C18H18ClN3O. The number of carbonyl (C=O) groups excluding carboxylic acids is 1. The van der Waals surface area contributed by atoms with Gasteiger partial charge in [0.15, 0.2) is 0 Å². The number of hydrogen-bond donors (Lipinski definition) is 0. The lowest BCUT2D eigenvalue weighted by molar-refractivity contribution is -0.118. The zero-order valence-electron chi connectivity index (χ0n) is 13.2. The van der Waals surface area contributed by atoms with Crippen LogP contribution in [0.2, 0.25) is 5.02 Å². The van der Waals surface area contributed by atoms with Gasteiger partial charge in [-0.15, -0.1) is 0 Å². The molecule has 0 radical (unpaired) electrons. The number of benzene rings is 1. The SMILES string of the molecule is CCCC(=O)N(C)c1c(-c2ccc(Cl)cc2)nc2ccccn12. The molecule has 4 nitrogen and oxygen atoms in total. The quantitative estimate of drug-likeness (QED) is 0.711. The summed E-state index contributed by atoms with van der Waals surface area (Å²) in [5, 5.41) is 0.675. The molecule has 0 atom stereocenters. The fourth-order valence-corrected chi connectivity index (χ4v) is 2.73. The van der Waals surface area contributed by atoms with Crippen molar-refractivity contribution < 1.29 is 4.79 Å². The zero-order valence-corrected chi connectivity index (χ0v) is 13.9. The van der Waals surface area contributed by atoms with Crippen LogP contribution in [0.25, 0.3) is 16.9 Å². The summed E-state index contributed by atoms with van der Waals surface area (Å²) in [6.45, 7) is 2.00. The van der Waals surface area contributed by atoms with Crippen LogP contribution in [0.4, 0.5) is 5.82 Å². The van der Waals surface area contributed by atoms with Crippen LogP contribution in [0, 0.1) is 0 Å². The van der Waals surface area contributed by atoms with E-state index in [0.29, 0.717) is 11.4 Å². The van der Waals surface area contributed by atoms with E-state index in [1.165, 1.54) is 0 Å². The molecular weight excluding hydrogens is 310 g/mol. The zero-order chi connectivity index (χ0) is 16.4. The van der Waals surface area contributed by atoms with E-state index in [0.717, 1.165) is 29.1 Å². The van der Waals surface area contributed by atoms with E-state index < -0.39 is 0 Å². The van der Waals surface area contributed by atoms with Crippen molar-refractivity contribution in [3.63, 3.8) is 0 Å². The Kier molecular flexibility index (Phi) is 4.35. The van der Waals surface area contributed by atoms with Gasteiger partial charge in [-0.05, 0) is 30.7 Å². The monoisotopic (exact) mass is 327 g/mol. The van der Waals surface area contributed by atoms with Gasteiger partial charge in [0.2, 0.25) is 5.91 Å². The van der Waals surface area contributed by atoms with Gasteiger partial charge in [0.05, 0.1) is 0 Å². The molecule has 0 N–H and O–H groups in total. The van der Waals surface area contributed by atoms with Gasteiger partial charge in [0, 0.05) is 30.3 Å². The Hall–Kier alpha value is -2.33. The Balaban J connectivity index is 2.19. The number of imidazole rings is 1. The van der Waals surface area contributed by atoms with Crippen molar-refractivity contribution in [1.29, 1.82) is 0 Å². The van der Waals surface area contributed by atoms with E-state index in [1.54, 1.807) is 11.9 Å². The van der Waals surface area contributed by atoms with Crippen molar-refractivity contribution in [2.45, 2.75) is 19.8 Å². The van der Waals surface area contributed by atoms with E-state index in [1.807, 2.05) is 60.0 Å². The second-order valence-electron chi connectivity index (χ2n) is 5.42. The lowest BCUT2D eigenvalue weighted by Crippen LogP contribution is -2.27. The van der Waals surface area contributed by atoms with Gasteiger partial charge in [0.25, 0.3) is 0 Å². The van der Waals surface area contributed by atoms with Gasteiger partial charge in [-0.1, -0.05) is 36.7 Å². The Morgan fingerprint density at radius 1 is 1.22 bits per heavy atom. The number of aromatic nitrogens is 2. The number of rotatable bonds is 4. The van der Waals surface area contributed by atoms with Crippen molar-refractivity contribution in [2.75, 3.05) is 11.9 Å². The maximum absolute atomic E-state index is 12.4. The molecule has 0 fully saturated rings. The summed E-state index contributed by atoms with van der Waals surface area (Å²) in [5.41, 5.74) is 2.52. The van der Waals surface area contributed by atoms with Crippen LogP contribution in [0.1, 0.15) is 19.8 Å². The van der Waals surface area contributed by atoms with Crippen LogP contribution >= 0.6 is 11.6 Å². The molecule has 23 heavy (non-hydrogen) atoms. The highest BCUT2D eigenvalue weighted by Crippen LogP contribution is 2.32. The highest BCUT2D eigenvalue weighted by atomic mass is 35.5. The minimum atomic E-state index is 0.0772. The first-order chi connectivity index (χ1) is 11.1. The number of amides is 1. The molecule has 118 valence electrons. The predicted octanol–water partition coefficient (Wildman–Crippen LogP) is 4.42. The molecule has 0 bridgehead atoms. The molecule has 3 rings (SSSR count). The second-order valence-corrected chi connectivity index (χ2v) is 5.86. The molecule has 0 aliphatic heterocycles. The second kappa shape index (κ2) is 6.42. The van der Waals surface area contributed by atoms with Crippen LogP contribution in [-0.4, -0.2) is 22.3 Å². The number of anilines is 1. The summed E-state index contributed by atoms with van der Waals surface area (Å²) in [5.74, 6) is 0.856. The first-order valence-corrected chi connectivity index (χ1v) is 7.99. The largest absolute Gasteiger partial charge is 0.299 e. The number of hydrogen-bond acceptors (Lipinski definition) is 2. The first kappa shape index (κ1) is 15.6. The van der Waals surface area contributed by atoms with Crippen molar-refractivity contribution in [3.05, 3.63) is 53.7 Å². The van der Waals surface area contributed by atoms with Gasteiger partial charge >= 0.3 is 0 Å². The first-order valence-electron chi connectivity index (χ1n) is 7.61. The highest BCUT2D eigenvalue weighted by molar-refractivity contribution is 6.30. The van der Waals surface area contributed by atoms with Gasteiger partial charge in [-0.25, -0.2) is 4.98 Å². The Morgan fingerprint density at radius 3 is 2.65 bits per heavy atom. The van der Waals surface area contributed by atoms with Crippen LogP contribution < -0.4 is 4.90 Å². The number of halogens is 1. The van der Waals surface area contributed by atoms with Crippen LogP contribution in [-0.2, 0) is 4.79 Å². The third kappa shape index (κ3) is 2.94. The van der Waals surface area contributed by atoms with Gasteiger partial charge in [0.1, 0.15) is 17.2 Å². The van der Waals surface area contributed by atoms with Crippen molar-refractivity contribution >= 4 is 29.0 Å². The van der Waals surface area contributed by atoms with E-state index in [-0.39, 0.29) is 5.91 Å². The summed E-state index contributed by atoms with van der Waals surface area (Å²) in [4.78, 5) is 18.8. The van der Waals surface area contributed by atoms with Crippen LogP contribution in [0.5, 0.6) is 0 Å². The Labute approximate surface area is 140 Å². The Bertz CT molecular complexity index is 839. The average molecular weight is 328 g/mol. The fourth-order valence-electron chi connectivity index (χ4n) is 2.60. The number of fused-ring (bicyclic) bond motifs is 1. The molecule has 1 amide bonds. The molecule has 0 saturated carbocycles. The molecule has 2 heterocycles. The van der Waals surface area contributed by atoms with Crippen molar-refractivity contribution in [2.24, 2.45) is 0 Å². The summed E-state index contributed by atoms with van der Waals surface area (Å²) in [7, 11) is 1.80. The van der Waals surface area contributed by atoms with Crippen molar-refractivity contribution in [3.8, 4) is 11.3 Å². The summed E-state index contributed by atoms with van der Waals surface area (Å²) in [6, 6.07) is 13.3. The topological polar surface area (TPSA) is 37.6 Å². The summed E-state index contributed by atoms with van der Waals surface area (Å²) >= 11 is 5.98. The maximum atomic E-state index is 12.4. The van der Waals surface area contributed by atoms with E-state index in [4.69, 9.17) is 16.6 Å². The molecule has 0 unspecified atom stereocenters. The van der Waals surface area contributed by atoms with Crippen LogP contribution in [0.3, 0.4) is 0 Å². The standard InChI is InChI=1S/C18H18ClN3O/c1-3-6-16(23)21(2)18-17(13-8-10-14(19)11-9-13)20-15-7-4-5-12-22(15)18/h4-5,7-12H,3,6H2,1-2H3. The average Bonchev–Trinajstić information content (AvgIpc) is 2.94. The number of nitrogens with zero attached hydrogens (tertiary/aromatic N) is 3. The smallest absolute Gasteiger partial charge is 0.227 e. The number of carbonyl (C=O) groups is 1. The summed E-state index contributed by atoms with van der Waals surface area (Å²) < 4.78 is 1.94. The molecule has 3 aromatic rings. The van der Waals surface area contributed by atoms with Gasteiger partial charge in [-0.3, -0.25) is 14.1 Å². The molecule has 2 aromatic heterocycles. The summed E-state index contributed by atoms with van der Waals surface area (Å²) in [6.07, 6.45) is 3.25. The predicted molar refractivity (Wildman–Crippen MR) is 94.0 cm³/mol. The van der Waals surface area contributed by atoms with Crippen LogP contribution in [0.15, 0.2) is 48.7 Å². The van der Waals surface area contributed by atoms with Crippen molar-refractivity contribution in [1.82, 2.24) is 9.38 Å². The molecule has 0 aliphatic carbocycles. The third-order valence-electron chi connectivity index (χ3n) is 3.78. The maximum Gasteiger partial charge on any atom is 0.227 e. The molecule has 5 heteroatoms. The highest BCUT2D eigenvalue weighted by Gasteiger charge is 2.21. The van der Waals surface area contributed by atoms with E-state index in [2.05, 4.69) is 0 Å². The molecule has 0 saturated heterocycles. The fraction of sp³-hybridized carbons (Fsp3) is 0.222. The lowest BCUT2D eigenvalue weighted by Gasteiger charge is -2.18. The number of pyridine rings is 1. The minimum absolute atomic E-state index is 0.0772. The molecule has 1 aromatic carbocycles. The molecule has 0 aliphatic rings. The third-order valence-corrected chi connectivity index (χ3v) is 4.03. The lowest BCUT2D eigenvalue weighted by atomic mass is 10.1. The van der Waals surface area contributed by atoms with E-state index in [9.17, 15) is 4.79 Å². The normalized spacial score (nSPS) is 10.9. The molecule has 0 spiro atoms. The minimum Gasteiger partial charge on any atom is -0.299 e. The Morgan fingerprint density at radius 2 is 1.96 bits per heavy atom. The van der Waals surface area contributed by atoms with E-state index >= 15 is 0 Å². The van der Waals surface area contributed by atoms with Gasteiger partial charge in [-0.2, -0.15) is 0 Å². The van der Waals surface area contributed by atoms with Gasteiger partial charge < -0.3 is 0 Å².